The molecule has 0 atom stereocenters. The Morgan fingerprint density at radius 3 is 2.71 bits per heavy atom. The van der Waals surface area contributed by atoms with E-state index in [-0.39, 0.29) is 17.4 Å². The lowest BCUT2D eigenvalue weighted by Crippen LogP contribution is -2.16. The number of amides is 1. The average molecular weight is 463 g/mol. The fourth-order valence-electron chi connectivity index (χ4n) is 3.56. The van der Waals surface area contributed by atoms with Crippen LogP contribution in [0.2, 0.25) is 0 Å². The molecule has 2 heterocycles. The SMILES string of the molecule is CCC(=O)CCCc1cn(-c2ccc(F)cc2F)c(NC(=O)c2cccc(-c3cn[nH]c3)c2)n1. The summed E-state index contributed by atoms with van der Waals surface area (Å²) < 4.78 is 29.4. The van der Waals surface area contributed by atoms with Crippen molar-refractivity contribution in [1.29, 1.82) is 0 Å². The number of carbonyl (C=O) groups excluding carboxylic acids is 2. The van der Waals surface area contributed by atoms with Crippen LogP contribution in [0.3, 0.4) is 0 Å². The number of imidazole rings is 1. The molecule has 34 heavy (non-hydrogen) atoms. The highest BCUT2D eigenvalue weighted by Crippen LogP contribution is 2.23. The first kappa shape index (κ1) is 23.0. The number of rotatable bonds is 9. The van der Waals surface area contributed by atoms with Gasteiger partial charge in [-0.05, 0) is 42.7 Å². The summed E-state index contributed by atoms with van der Waals surface area (Å²) in [5, 5.41) is 9.39. The van der Waals surface area contributed by atoms with Crippen molar-refractivity contribution in [2.75, 3.05) is 5.32 Å². The van der Waals surface area contributed by atoms with Crippen LogP contribution in [0.1, 0.15) is 42.2 Å². The van der Waals surface area contributed by atoms with Gasteiger partial charge in [0.1, 0.15) is 17.4 Å². The van der Waals surface area contributed by atoms with Crippen LogP contribution in [-0.2, 0) is 11.2 Å². The molecule has 1 amide bonds. The van der Waals surface area contributed by atoms with E-state index in [1.165, 1.54) is 10.6 Å². The summed E-state index contributed by atoms with van der Waals surface area (Å²) in [6, 6.07) is 10.2. The highest BCUT2D eigenvalue weighted by atomic mass is 19.1. The van der Waals surface area contributed by atoms with Gasteiger partial charge < -0.3 is 0 Å². The molecular formula is C25H23F2N5O2. The normalized spacial score (nSPS) is 10.9. The number of benzene rings is 2. The van der Waals surface area contributed by atoms with E-state index < -0.39 is 17.5 Å². The van der Waals surface area contributed by atoms with Gasteiger partial charge in [0.2, 0.25) is 5.95 Å². The molecule has 0 aliphatic heterocycles. The lowest BCUT2D eigenvalue weighted by Gasteiger charge is -2.10. The third-order valence-corrected chi connectivity index (χ3v) is 5.39. The maximum atomic E-state index is 14.5. The first-order valence-corrected chi connectivity index (χ1v) is 10.9. The number of aromatic nitrogens is 4. The number of carbonyl (C=O) groups is 2. The molecule has 4 aromatic rings. The minimum absolute atomic E-state index is 0.0484. The number of hydrogen-bond acceptors (Lipinski definition) is 4. The molecule has 0 spiro atoms. The zero-order valence-electron chi connectivity index (χ0n) is 18.5. The third kappa shape index (κ3) is 5.25. The fourth-order valence-corrected chi connectivity index (χ4v) is 3.56. The molecule has 0 fully saturated rings. The van der Waals surface area contributed by atoms with Gasteiger partial charge in [-0.1, -0.05) is 19.1 Å². The number of halogens is 2. The molecule has 174 valence electrons. The van der Waals surface area contributed by atoms with Crippen LogP contribution in [-0.4, -0.2) is 31.4 Å². The number of nitrogens with zero attached hydrogens (tertiary/aromatic N) is 3. The summed E-state index contributed by atoms with van der Waals surface area (Å²) in [6.07, 6.45) is 6.89. The predicted molar refractivity (Wildman–Crippen MR) is 124 cm³/mol. The van der Waals surface area contributed by atoms with Gasteiger partial charge in [-0.25, -0.2) is 13.8 Å². The van der Waals surface area contributed by atoms with E-state index in [0.29, 0.717) is 36.9 Å². The van der Waals surface area contributed by atoms with Crippen LogP contribution in [0, 0.1) is 11.6 Å². The quantitative estimate of drug-likeness (QED) is 0.361. The summed E-state index contributed by atoms with van der Waals surface area (Å²) in [6.45, 7) is 1.81. The minimum atomic E-state index is -0.789. The summed E-state index contributed by atoms with van der Waals surface area (Å²) in [7, 11) is 0. The van der Waals surface area contributed by atoms with Gasteiger partial charge in [0, 0.05) is 42.4 Å². The lowest BCUT2D eigenvalue weighted by molar-refractivity contribution is -0.118. The molecule has 2 N–H and O–H groups in total. The Labute approximate surface area is 194 Å². The van der Waals surface area contributed by atoms with E-state index in [0.717, 1.165) is 23.3 Å². The van der Waals surface area contributed by atoms with E-state index >= 15 is 0 Å². The molecule has 0 bridgehead atoms. The highest BCUT2D eigenvalue weighted by Gasteiger charge is 2.17. The Morgan fingerprint density at radius 2 is 1.97 bits per heavy atom. The number of nitrogens with one attached hydrogen (secondary N) is 2. The van der Waals surface area contributed by atoms with Crippen LogP contribution in [0.15, 0.2) is 61.1 Å². The van der Waals surface area contributed by atoms with Crippen LogP contribution >= 0.6 is 0 Å². The van der Waals surface area contributed by atoms with Crippen molar-refractivity contribution in [3.05, 3.63) is 83.9 Å². The fraction of sp³-hybridized carbons (Fsp3) is 0.200. The number of aromatic amines is 1. The molecule has 0 unspecified atom stereocenters. The van der Waals surface area contributed by atoms with E-state index in [1.807, 2.05) is 13.0 Å². The van der Waals surface area contributed by atoms with Crippen molar-refractivity contribution >= 4 is 17.6 Å². The van der Waals surface area contributed by atoms with E-state index in [2.05, 4.69) is 20.5 Å². The van der Waals surface area contributed by atoms with E-state index in [9.17, 15) is 18.4 Å². The maximum absolute atomic E-state index is 14.5. The van der Waals surface area contributed by atoms with Crippen LogP contribution < -0.4 is 5.32 Å². The third-order valence-electron chi connectivity index (χ3n) is 5.39. The second-order valence-corrected chi connectivity index (χ2v) is 7.79. The maximum Gasteiger partial charge on any atom is 0.258 e. The van der Waals surface area contributed by atoms with Crippen LogP contribution in [0.5, 0.6) is 0 Å². The first-order valence-electron chi connectivity index (χ1n) is 10.9. The smallest absolute Gasteiger partial charge is 0.258 e. The molecule has 9 heteroatoms. The van der Waals surface area contributed by atoms with E-state index in [4.69, 9.17) is 0 Å². The lowest BCUT2D eigenvalue weighted by atomic mass is 10.1. The number of hydrogen-bond donors (Lipinski definition) is 2. The standard InChI is InChI=1S/C25H23F2N5O2/c1-2-21(33)8-4-7-20-15-32(23-10-9-19(26)12-22(23)27)25(30-20)31-24(34)17-6-3-5-16(11-17)18-13-28-29-14-18/h3,5-6,9-15H,2,4,7-8H2,1H3,(H,28,29)(H,30,31,34). The highest BCUT2D eigenvalue weighted by molar-refractivity contribution is 6.04. The molecule has 2 aromatic heterocycles. The topological polar surface area (TPSA) is 92.7 Å². The Morgan fingerprint density at radius 1 is 1.12 bits per heavy atom. The summed E-state index contributed by atoms with van der Waals surface area (Å²) in [5.74, 6) is -1.69. The molecule has 0 saturated heterocycles. The van der Waals surface area contributed by atoms with Crippen molar-refractivity contribution in [2.24, 2.45) is 0 Å². The van der Waals surface area contributed by atoms with Gasteiger partial charge in [-0.15, -0.1) is 0 Å². The van der Waals surface area contributed by atoms with Crippen molar-refractivity contribution in [2.45, 2.75) is 32.6 Å². The van der Waals surface area contributed by atoms with Crippen molar-refractivity contribution < 1.29 is 18.4 Å². The Kier molecular flexibility index (Phi) is 6.91. The second kappa shape index (κ2) is 10.2. The number of H-pyrrole nitrogens is 1. The van der Waals surface area contributed by atoms with Gasteiger partial charge in [-0.3, -0.25) is 24.6 Å². The Balaban J connectivity index is 1.62. The number of aryl methyl sites for hydroxylation is 1. The van der Waals surface area contributed by atoms with Crippen LogP contribution in [0.4, 0.5) is 14.7 Å². The Bertz CT molecular complexity index is 1310. The molecule has 0 saturated carbocycles. The van der Waals surface area contributed by atoms with E-state index in [1.54, 1.807) is 36.8 Å². The molecule has 0 radical (unpaired) electrons. The van der Waals surface area contributed by atoms with Crippen LogP contribution in [0.25, 0.3) is 16.8 Å². The summed E-state index contributed by atoms with van der Waals surface area (Å²) in [4.78, 5) is 29.1. The zero-order valence-corrected chi connectivity index (χ0v) is 18.5. The summed E-state index contributed by atoms with van der Waals surface area (Å²) in [5.41, 5.74) is 2.63. The second-order valence-electron chi connectivity index (χ2n) is 7.79. The number of ketones is 1. The average Bonchev–Trinajstić information content (AvgIpc) is 3.50. The molecular weight excluding hydrogens is 440 g/mol. The molecule has 0 aliphatic carbocycles. The number of Topliss-reactive ketones (excluding diaryl/α,β-unsaturated/α-hetero) is 1. The monoisotopic (exact) mass is 463 g/mol. The van der Waals surface area contributed by atoms with Gasteiger partial charge in [0.15, 0.2) is 0 Å². The van der Waals surface area contributed by atoms with Gasteiger partial charge in [-0.2, -0.15) is 5.10 Å². The summed E-state index contributed by atoms with van der Waals surface area (Å²) >= 11 is 0. The largest absolute Gasteiger partial charge is 0.300 e. The Hall–Kier alpha value is -4.14. The predicted octanol–water partition coefficient (Wildman–Crippen LogP) is 5.09. The molecule has 7 nitrogen and oxygen atoms in total. The van der Waals surface area contributed by atoms with Gasteiger partial charge in [0.05, 0.1) is 17.6 Å². The van der Waals surface area contributed by atoms with Crippen molar-refractivity contribution in [1.82, 2.24) is 19.7 Å². The number of anilines is 1. The minimum Gasteiger partial charge on any atom is -0.300 e. The first-order chi connectivity index (χ1) is 16.4. The molecule has 0 aliphatic rings. The molecule has 4 rings (SSSR count). The molecule has 2 aromatic carbocycles. The van der Waals surface area contributed by atoms with Crippen molar-refractivity contribution in [3.8, 4) is 16.8 Å². The van der Waals surface area contributed by atoms with Crippen molar-refractivity contribution in [3.63, 3.8) is 0 Å². The zero-order chi connectivity index (χ0) is 24.1. The van der Waals surface area contributed by atoms with Gasteiger partial charge in [0.25, 0.3) is 5.91 Å². The van der Waals surface area contributed by atoms with Gasteiger partial charge >= 0.3 is 0 Å².